The molecule has 2 saturated heterocycles. The molecule has 2 unspecified atom stereocenters. The van der Waals surface area contributed by atoms with Crippen LogP contribution in [0, 0.1) is 11.7 Å². The van der Waals surface area contributed by atoms with Crippen LogP contribution in [-0.2, 0) is 11.3 Å². The Hall–Kier alpha value is -3.44. The van der Waals surface area contributed by atoms with Gasteiger partial charge in [0.2, 0.25) is 5.91 Å². The Bertz CT molecular complexity index is 1540. The molecule has 2 aliphatic heterocycles. The summed E-state index contributed by atoms with van der Waals surface area (Å²) < 4.78 is 36.4. The van der Waals surface area contributed by atoms with E-state index in [0.717, 1.165) is 34.8 Å². The fourth-order valence-corrected chi connectivity index (χ4v) is 7.66. The number of ether oxygens (including phenoxy) is 1. The van der Waals surface area contributed by atoms with E-state index in [1.165, 1.54) is 12.1 Å². The second-order valence-electron chi connectivity index (χ2n) is 13.4. The molecule has 1 aromatic heterocycles. The molecule has 3 aliphatic rings. The van der Waals surface area contributed by atoms with Crippen molar-refractivity contribution in [1.82, 2.24) is 25.3 Å². The first-order valence-corrected chi connectivity index (χ1v) is 17.4. The van der Waals surface area contributed by atoms with Gasteiger partial charge in [-0.2, -0.15) is 0 Å². The molecule has 2 aromatic carbocycles. The van der Waals surface area contributed by atoms with Crippen LogP contribution in [0.3, 0.4) is 0 Å². The smallest absolute Gasteiger partial charge is 0.254 e. The zero-order valence-corrected chi connectivity index (χ0v) is 27.6. The molecule has 246 valence electrons. The molecule has 2 amide bonds. The van der Waals surface area contributed by atoms with Gasteiger partial charge in [-0.25, -0.2) is 8.78 Å². The van der Waals surface area contributed by atoms with Gasteiger partial charge in [-0.05, 0) is 68.0 Å². The molecule has 6 rings (SSSR count). The lowest BCUT2D eigenvalue weighted by atomic mass is 9.90. The van der Waals surface area contributed by atoms with Crippen LogP contribution >= 0.6 is 11.3 Å². The Labute approximate surface area is 273 Å². The minimum Gasteiger partial charge on any atom is -0.457 e. The number of carbonyl (C=O) groups is 2. The van der Waals surface area contributed by atoms with Crippen molar-refractivity contribution < 1.29 is 23.1 Å². The van der Waals surface area contributed by atoms with Gasteiger partial charge in [-0.1, -0.05) is 44.9 Å². The average molecular weight is 652 g/mol. The van der Waals surface area contributed by atoms with Gasteiger partial charge in [0.15, 0.2) is 0 Å². The lowest BCUT2D eigenvalue weighted by Crippen LogP contribution is -2.51. The quantitative estimate of drug-likeness (QED) is 0.266. The van der Waals surface area contributed by atoms with Crippen molar-refractivity contribution in [1.29, 1.82) is 0 Å². The fraction of sp³-hybridized carbons (Fsp3) is 0.543. The van der Waals surface area contributed by atoms with Gasteiger partial charge in [0.1, 0.15) is 33.5 Å². The van der Waals surface area contributed by atoms with Crippen LogP contribution in [0.5, 0.6) is 11.5 Å². The van der Waals surface area contributed by atoms with Crippen LogP contribution in [0.25, 0.3) is 10.6 Å². The van der Waals surface area contributed by atoms with Crippen molar-refractivity contribution in [3.63, 3.8) is 0 Å². The minimum absolute atomic E-state index is 0.0153. The normalized spacial score (nSPS) is 22.9. The first-order chi connectivity index (χ1) is 22.1. The second kappa shape index (κ2) is 14.1. The van der Waals surface area contributed by atoms with Gasteiger partial charge in [-0.15, -0.1) is 10.2 Å². The summed E-state index contributed by atoms with van der Waals surface area (Å²) in [7, 11) is 0. The Morgan fingerprint density at radius 3 is 2.48 bits per heavy atom. The third-order valence-corrected chi connectivity index (χ3v) is 10.7. The van der Waals surface area contributed by atoms with E-state index in [1.807, 2.05) is 31.2 Å². The largest absolute Gasteiger partial charge is 0.457 e. The van der Waals surface area contributed by atoms with E-state index >= 15 is 4.39 Å². The predicted molar refractivity (Wildman–Crippen MR) is 174 cm³/mol. The summed E-state index contributed by atoms with van der Waals surface area (Å²) in [5.41, 5.74) is 1.29. The lowest BCUT2D eigenvalue weighted by molar-refractivity contribution is -0.128. The van der Waals surface area contributed by atoms with E-state index < -0.39 is 17.9 Å². The van der Waals surface area contributed by atoms with E-state index in [-0.39, 0.29) is 36.0 Å². The van der Waals surface area contributed by atoms with Crippen LogP contribution in [0.1, 0.15) is 92.6 Å². The maximum absolute atomic E-state index is 15.6. The van der Waals surface area contributed by atoms with Crippen molar-refractivity contribution in [2.24, 2.45) is 5.92 Å². The third-order valence-electron chi connectivity index (χ3n) is 9.41. The van der Waals surface area contributed by atoms with Crippen LogP contribution in [0.2, 0.25) is 0 Å². The van der Waals surface area contributed by atoms with E-state index in [2.05, 4.69) is 34.3 Å². The number of alkyl halides is 1. The summed E-state index contributed by atoms with van der Waals surface area (Å²) in [5, 5.41) is 13.4. The molecule has 1 N–H and O–H groups in total. The maximum Gasteiger partial charge on any atom is 0.254 e. The SMILES string of the molecule is CC(C)c1nnc(-c2ccc(Oc3cc(C(=O)NC4CCN(C5CCCCC5F)CC4)c(F)cc3CN3C[C@H](C)CC3=O)cc2)s1. The number of piperidine rings is 1. The molecule has 11 heteroatoms. The molecule has 3 fully saturated rings. The van der Waals surface area contributed by atoms with Crippen LogP contribution in [-0.4, -0.2) is 69.7 Å². The van der Waals surface area contributed by atoms with Crippen molar-refractivity contribution in [3.8, 4) is 22.1 Å². The van der Waals surface area contributed by atoms with Crippen molar-refractivity contribution >= 4 is 23.2 Å². The molecular weight excluding hydrogens is 608 g/mol. The van der Waals surface area contributed by atoms with Gasteiger partial charge >= 0.3 is 0 Å². The zero-order valence-electron chi connectivity index (χ0n) is 26.8. The number of hydrogen-bond acceptors (Lipinski definition) is 7. The first-order valence-electron chi connectivity index (χ1n) is 16.6. The van der Waals surface area contributed by atoms with E-state index in [0.29, 0.717) is 68.3 Å². The molecule has 3 aromatic rings. The summed E-state index contributed by atoms with van der Waals surface area (Å²) >= 11 is 1.55. The number of halogens is 2. The molecule has 46 heavy (non-hydrogen) atoms. The van der Waals surface area contributed by atoms with Gasteiger partial charge in [0, 0.05) is 61.7 Å². The lowest BCUT2D eigenvalue weighted by Gasteiger charge is -2.40. The third kappa shape index (κ3) is 7.41. The molecule has 1 saturated carbocycles. The van der Waals surface area contributed by atoms with E-state index in [9.17, 15) is 14.0 Å². The number of benzene rings is 2. The molecule has 0 spiro atoms. The minimum atomic E-state index is -0.789. The van der Waals surface area contributed by atoms with E-state index in [1.54, 1.807) is 16.2 Å². The number of carbonyl (C=O) groups excluding carboxylic acids is 2. The van der Waals surface area contributed by atoms with Crippen molar-refractivity contribution in [2.45, 2.75) is 96.4 Å². The van der Waals surface area contributed by atoms with E-state index in [4.69, 9.17) is 4.74 Å². The highest BCUT2D eigenvalue weighted by molar-refractivity contribution is 7.14. The summed E-state index contributed by atoms with van der Waals surface area (Å²) in [6, 6.07) is 10.0. The molecule has 0 bridgehead atoms. The summed E-state index contributed by atoms with van der Waals surface area (Å²) in [4.78, 5) is 29.9. The van der Waals surface area contributed by atoms with Crippen molar-refractivity contribution in [2.75, 3.05) is 19.6 Å². The van der Waals surface area contributed by atoms with Crippen LogP contribution in [0.4, 0.5) is 8.78 Å². The predicted octanol–water partition coefficient (Wildman–Crippen LogP) is 7.10. The molecular formula is C35H43F2N5O3S. The van der Waals surface area contributed by atoms with Crippen molar-refractivity contribution in [3.05, 3.63) is 58.3 Å². The molecule has 3 atom stereocenters. The summed E-state index contributed by atoms with van der Waals surface area (Å²) in [6.45, 7) is 8.36. The molecule has 1 aliphatic carbocycles. The molecule has 3 heterocycles. The highest BCUT2D eigenvalue weighted by atomic mass is 32.1. The standard InChI is InChI=1S/C35H43F2N5O3S/c1-21(2)34-39-40-35(46-34)23-8-10-26(11-9-23)45-31-18-27(29(37)17-24(31)20-42-19-22(3)16-32(42)43)33(44)38-25-12-14-41(15-13-25)30-7-5-4-6-28(30)36/h8-11,17-18,21-22,25,28,30H,4-7,12-16,19-20H2,1-3H3,(H,38,44)/t22-,28?,30?/m1/s1. The monoisotopic (exact) mass is 651 g/mol. The number of hydrogen-bond donors (Lipinski definition) is 1. The topological polar surface area (TPSA) is 87.7 Å². The van der Waals surface area contributed by atoms with Gasteiger partial charge in [0.05, 0.1) is 5.56 Å². The van der Waals surface area contributed by atoms with Crippen LogP contribution < -0.4 is 10.1 Å². The fourth-order valence-electron chi connectivity index (χ4n) is 6.81. The first kappa shape index (κ1) is 32.5. The highest BCUT2D eigenvalue weighted by Crippen LogP contribution is 2.34. The maximum atomic E-state index is 15.6. The number of aromatic nitrogens is 2. The summed E-state index contributed by atoms with van der Waals surface area (Å²) in [5.74, 6) is 0.197. The number of nitrogens with zero attached hydrogens (tertiary/aromatic N) is 4. The van der Waals surface area contributed by atoms with Gasteiger partial charge in [-0.3, -0.25) is 14.5 Å². The molecule has 8 nitrogen and oxygen atoms in total. The number of likely N-dealkylation sites (tertiary alicyclic amines) is 2. The second-order valence-corrected chi connectivity index (χ2v) is 14.4. The number of nitrogens with one attached hydrogen (secondary N) is 1. The number of amides is 2. The van der Waals surface area contributed by atoms with Crippen LogP contribution in [0.15, 0.2) is 36.4 Å². The highest BCUT2D eigenvalue weighted by Gasteiger charge is 2.33. The average Bonchev–Trinajstić information content (AvgIpc) is 3.66. The Kier molecular flexibility index (Phi) is 9.98. The Morgan fingerprint density at radius 2 is 1.83 bits per heavy atom. The zero-order chi connectivity index (χ0) is 32.4. The molecule has 0 radical (unpaired) electrons. The van der Waals surface area contributed by atoms with Gasteiger partial charge < -0.3 is 15.0 Å². The Morgan fingerprint density at radius 1 is 1.09 bits per heavy atom. The van der Waals surface area contributed by atoms with Gasteiger partial charge in [0.25, 0.3) is 5.91 Å². The Balaban J connectivity index is 1.18. The number of rotatable bonds is 9. The summed E-state index contributed by atoms with van der Waals surface area (Å²) in [6.07, 6.45) is 4.55.